The lowest BCUT2D eigenvalue weighted by atomic mass is 9.97. The zero-order valence-electron chi connectivity index (χ0n) is 20.2. The Morgan fingerprint density at radius 2 is 1.66 bits per heavy atom. The molecule has 1 heterocycles. The van der Waals surface area contributed by atoms with Gasteiger partial charge in [0.25, 0.3) is 5.91 Å². The molecule has 4 atom stereocenters. The van der Waals surface area contributed by atoms with Gasteiger partial charge in [0, 0.05) is 30.7 Å². The first kappa shape index (κ1) is 30.5. The maximum absolute atomic E-state index is 12.8. The number of carboxylic acid groups (broad SMARTS) is 1. The monoisotopic (exact) mass is 551 g/mol. The molecular formula is C24H30ClN5O8. The number of rotatable bonds is 10. The number of carboxylic acids is 1. The van der Waals surface area contributed by atoms with E-state index in [1.807, 2.05) is 0 Å². The molecule has 13 nitrogen and oxygen atoms in total. The molecule has 3 rings (SSSR count). The third-order valence-corrected chi connectivity index (χ3v) is 5.84. The number of aromatic carboxylic acids is 1. The minimum atomic E-state index is -1.81. The van der Waals surface area contributed by atoms with Gasteiger partial charge in [0.05, 0.1) is 29.5 Å². The van der Waals surface area contributed by atoms with Crippen LogP contribution in [0.1, 0.15) is 20.7 Å². The van der Waals surface area contributed by atoms with E-state index in [1.165, 1.54) is 18.2 Å². The lowest BCUT2D eigenvalue weighted by molar-refractivity contribution is -0.113. The quantitative estimate of drug-likeness (QED) is 0.110. The van der Waals surface area contributed by atoms with Crippen LogP contribution in [0.4, 0.5) is 5.69 Å². The van der Waals surface area contributed by atoms with Gasteiger partial charge in [-0.15, -0.1) is 12.4 Å². The third kappa shape index (κ3) is 6.58. The average Bonchev–Trinajstić information content (AvgIpc) is 3.20. The van der Waals surface area contributed by atoms with Crippen LogP contribution in [0.2, 0.25) is 0 Å². The first-order valence-electron chi connectivity index (χ1n) is 11.1. The fourth-order valence-corrected chi connectivity index (χ4v) is 3.89. The van der Waals surface area contributed by atoms with Gasteiger partial charge in [0.2, 0.25) is 0 Å². The summed E-state index contributed by atoms with van der Waals surface area (Å²) in [5, 5.41) is 60.6. The number of amides is 1. The van der Waals surface area contributed by atoms with Crippen molar-refractivity contribution in [3.05, 3.63) is 53.7 Å². The van der Waals surface area contributed by atoms with E-state index in [0.29, 0.717) is 27.7 Å². The van der Waals surface area contributed by atoms with Crippen molar-refractivity contribution in [3.63, 3.8) is 0 Å². The molecule has 0 saturated carbocycles. The molecule has 0 aliphatic carbocycles. The molecule has 0 fully saturated rings. The molecule has 0 aliphatic heterocycles. The molecule has 0 unspecified atom stereocenters. The van der Waals surface area contributed by atoms with Gasteiger partial charge in [0.1, 0.15) is 18.3 Å². The van der Waals surface area contributed by atoms with Gasteiger partial charge in [0.15, 0.2) is 5.96 Å². The molecular weight excluding hydrogens is 522 g/mol. The summed E-state index contributed by atoms with van der Waals surface area (Å²) in [7, 11) is 1.70. The number of aromatic nitrogens is 1. The van der Waals surface area contributed by atoms with Crippen molar-refractivity contribution in [1.29, 1.82) is 0 Å². The van der Waals surface area contributed by atoms with Gasteiger partial charge < -0.3 is 52.0 Å². The number of carbonyl (C=O) groups is 2. The highest BCUT2D eigenvalue weighted by Gasteiger charge is 2.30. The second-order valence-electron chi connectivity index (χ2n) is 8.47. The Morgan fingerprint density at radius 3 is 2.26 bits per heavy atom. The molecule has 11 N–H and O–H groups in total. The Labute approximate surface area is 223 Å². The maximum Gasteiger partial charge on any atom is 0.336 e. The van der Waals surface area contributed by atoms with Crippen LogP contribution in [0.25, 0.3) is 22.0 Å². The Bertz CT molecular complexity index is 1340. The number of nitrogens with two attached hydrogens (primary N) is 2. The molecule has 1 amide bonds. The Hall–Kier alpha value is -3.72. The standard InChI is InChI=1S/C24H29N5O8.ClH/c1-29-9-16(22(35)27-8-18(31)20(33)21(34)19(32)10-30)13-4-2-11(6-17(13)29)15-7-12(28-24(25)26)3-5-14(15)23(36)37;/h2-7,9,18-21,30-34H,8,10H2,1H3,(H,27,35)(H,36,37)(H4,25,26,28);1H/t18-,19+,20+,21+;/m0./s1. The van der Waals surface area contributed by atoms with Crippen LogP contribution in [0.5, 0.6) is 0 Å². The van der Waals surface area contributed by atoms with E-state index in [-0.39, 0.29) is 29.5 Å². The van der Waals surface area contributed by atoms with Crippen LogP contribution in [-0.4, -0.2) is 90.6 Å². The molecule has 38 heavy (non-hydrogen) atoms. The summed E-state index contributed by atoms with van der Waals surface area (Å²) in [4.78, 5) is 28.6. The van der Waals surface area contributed by atoms with Crippen LogP contribution in [0, 0.1) is 0 Å². The third-order valence-electron chi connectivity index (χ3n) is 5.84. The van der Waals surface area contributed by atoms with Crippen LogP contribution < -0.4 is 16.8 Å². The summed E-state index contributed by atoms with van der Waals surface area (Å²) in [6.07, 6.45) is -5.35. The number of halogens is 1. The van der Waals surface area contributed by atoms with Crippen molar-refractivity contribution in [3.8, 4) is 11.1 Å². The molecule has 2 aromatic carbocycles. The summed E-state index contributed by atoms with van der Waals surface area (Å²) >= 11 is 0. The van der Waals surface area contributed by atoms with Crippen LogP contribution in [0.3, 0.4) is 0 Å². The van der Waals surface area contributed by atoms with Crippen molar-refractivity contribution in [2.45, 2.75) is 24.4 Å². The Morgan fingerprint density at radius 1 is 1.00 bits per heavy atom. The molecule has 14 heteroatoms. The Kier molecular flexibility index (Phi) is 10.2. The number of hydrogen-bond donors (Lipinski definition) is 9. The lowest BCUT2D eigenvalue weighted by Crippen LogP contribution is -2.49. The van der Waals surface area contributed by atoms with Crippen molar-refractivity contribution >= 4 is 46.8 Å². The molecule has 0 radical (unpaired) electrons. The summed E-state index contributed by atoms with van der Waals surface area (Å²) in [6.45, 7) is -1.26. The predicted molar refractivity (Wildman–Crippen MR) is 141 cm³/mol. The van der Waals surface area contributed by atoms with Gasteiger partial charge in [-0.25, -0.2) is 9.79 Å². The maximum atomic E-state index is 12.8. The SMILES string of the molecule is Cl.Cn1cc(C(=O)NC[C@H](O)[C@@H](O)[C@H](O)[C@H](O)CO)c2ccc(-c3cc(N=C(N)N)ccc3C(=O)O)cc21. The number of guanidine groups is 1. The molecule has 0 saturated heterocycles. The molecule has 3 aromatic rings. The fourth-order valence-electron chi connectivity index (χ4n) is 3.89. The van der Waals surface area contributed by atoms with E-state index in [1.54, 1.807) is 36.0 Å². The first-order valence-corrected chi connectivity index (χ1v) is 11.1. The van der Waals surface area contributed by atoms with Gasteiger partial charge in [-0.1, -0.05) is 12.1 Å². The zero-order chi connectivity index (χ0) is 27.4. The van der Waals surface area contributed by atoms with E-state index in [9.17, 15) is 35.1 Å². The topological polar surface area (TPSA) is 237 Å². The number of hydrogen-bond acceptors (Lipinski definition) is 8. The van der Waals surface area contributed by atoms with E-state index in [2.05, 4.69) is 10.3 Å². The van der Waals surface area contributed by atoms with E-state index in [4.69, 9.17) is 16.6 Å². The first-order chi connectivity index (χ1) is 17.4. The highest BCUT2D eigenvalue weighted by atomic mass is 35.5. The minimum absolute atomic E-state index is 0. The highest BCUT2D eigenvalue weighted by Crippen LogP contribution is 2.32. The normalized spacial score (nSPS) is 14.2. The summed E-state index contributed by atoms with van der Waals surface area (Å²) in [5.74, 6) is -1.90. The van der Waals surface area contributed by atoms with Gasteiger partial charge in [-0.2, -0.15) is 0 Å². The predicted octanol–water partition coefficient (Wildman–Crippen LogP) is -0.964. The van der Waals surface area contributed by atoms with E-state index in [0.717, 1.165) is 0 Å². The Balaban J connectivity index is 0.00000507. The minimum Gasteiger partial charge on any atom is -0.478 e. The van der Waals surface area contributed by atoms with Gasteiger partial charge in [-0.05, 0) is 35.4 Å². The van der Waals surface area contributed by atoms with Crippen molar-refractivity contribution in [2.24, 2.45) is 23.5 Å². The van der Waals surface area contributed by atoms with Gasteiger partial charge >= 0.3 is 5.97 Å². The fraction of sp³-hybridized carbons (Fsp3) is 0.292. The van der Waals surface area contributed by atoms with Crippen molar-refractivity contribution in [2.75, 3.05) is 13.2 Å². The number of carbonyl (C=O) groups excluding carboxylic acids is 1. The average molecular weight is 552 g/mol. The van der Waals surface area contributed by atoms with E-state index < -0.39 is 49.4 Å². The summed E-state index contributed by atoms with van der Waals surface area (Å²) < 4.78 is 1.67. The van der Waals surface area contributed by atoms with Gasteiger partial charge in [-0.3, -0.25) is 4.79 Å². The number of benzene rings is 2. The number of aliphatic hydroxyl groups is 5. The molecule has 206 valence electrons. The second-order valence-corrected chi connectivity index (χ2v) is 8.47. The second kappa shape index (κ2) is 12.7. The van der Waals surface area contributed by atoms with Crippen molar-refractivity contribution < 1.29 is 40.2 Å². The number of nitrogens with zero attached hydrogens (tertiary/aromatic N) is 2. The number of nitrogens with one attached hydrogen (secondary N) is 1. The number of aliphatic hydroxyl groups excluding tert-OH is 5. The number of aliphatic imine (C=N–C) groups is 1. The van der Waals surface area contributed by atoms with Crippen LogP contribution in [0.15, 0.2) is 47.6 Å². The number of aryl methyl sites for hydroxylation is 1. The van der Waals surface area contributed by atoms with Crippen LogP contribution >= 0.6 is 12.4 Å². The highest BCUT2D eigenvalue weighted by molar-refractivity contribution is 6.08. The zero-order valence-corrected chi connectivity index (χ0v) is 21.0. The van der Waals surface area contributed by atoms with Crippen molar-refractivity contribution in [1.82, 2.24) is 9.88 Å². The van der Waals surface area contributed by atoms with E-state index >= 15 is 0 Å². The molecule has 0 aliphatic rings. The molecule has 1 aromatic heterocycles. The van der Waals surface area contributed by atoms with Crippen LogP contribution in [-0.2, 0) is 7.05 Å². The molecule has 0 bridgehead atoms. The smallest absolute Gasteiger partial charge is 0.336 e. The molecule has 0 spiro atoms. The number of fused-ring (bicyclic) bond motifs is 1. The lowest BCUT2D eigenvalue weighted by Gasteiger charge is -2.25. The summed E-state index contributed by atoms with van der Waals surface area (Å²) in [6, 6.07) is 9.40. The summed E-state index contributed by atoms with van der Waals surface area (Å²) in [5.41, 5.74) is 13.0. The largest absolute Gasteiger partial charge is 0.478 e.